The third kappa shape index (κ3) is 3.64. The van der Waals surface area contributed by atoms with Crippen LogP contribution in [-0.4, -0.2) is 19.6 Å². The number of methoxy groups -OCH3 is 1. The second-order valence-corrected chi connectivity index (χ2v) is 3.36. The van der Waals surface area contributed by atoms with Gasteiger partial charge >= 0.3 is 5.97 Å². The molecule has 0 radical (unpaired) electrons. The van der Waals surface area contributed by atoms with E-state index in [0.29, 0.717) is 6.54 Å². The minimum atomic E-state index is -0.914. The molecule has 0 aliphatic heterocycles. The van der Waals surface area contributed by atoms with Crippen molar-refractivity contribution < 1.29 is 18.3 Å². The topological polar surface area (TPSA) is 38.3 Å². The third-order valence-electron chi connectivity index (χ3n) is 2.12. The maximum Gasteiger partial charge on any atom is 0.327 e. The van der Waals surface area contributed by atoms with Crippen LogP contribution in [0.2, 0.25) is 0 Å². The van der Waals surface area contributed by atoms with Gasteiger partial charge in [0.15, 0.2) is 0 Å². The van der Waals surface area contributed by atoms with Gasteiger partial charge < -0.3 is 4.74 Å². The molecular formula is C12H13F2NO2. The summed E-state index contributed by atoms with van der Waals surface area (Å²) < 4.78 is 30.6. The molecule has 0 aliphatic carbocycles. The molecule has 0 heterocycles. The highest BCUT2D eigenvalue weighted by molar-refractivity contribution is 5.77. The van der Waals surface area contributed by atoms with Crippen molar-refractivity contribution in [3.8, 4) is 0 Å². The van der Waals surface area contributed by atoms with E-state index in [1.807, 2.05) is 0 Å². The first-order valence-corrected chi connectivity index (χ1v) is 4.96. The lowest BCUT2D eigenvalue weighted by Crippen LogP contribution is -2.29. The highest BCUT2D eigenvalue weighted by atomic mass is 19.1. The highest BCUT2D eigenvalue weighted by Crippen LogP contribution is 2.17. The molecule has 17 heavy (non-hydrogen) atoms. The van der Waals surface area contributed by atoms with E-state index < -0.39 is 23.6 Å². The van der Waals surface area contributed by atoms with Gasteiger partial charge in [-0.2, -0.15) is 0 Å². The van der Waals surface area contributed by atoms with Crippen molar-refractivity contribution in [2.45, 2.75) is 6.04 Å². The fraction of sp³-hybridized carbons (Fsp3) is 0.250. The molecule has 1 aromatic rings. The Kier molecular flexibility index (Phi) is 4.78. The molecule has 1 rings (SSSR count). The number of esters is 1. The molecule has 1 atom stereocenters. The zero-order valence-electron chi connectivity index (χ0n) is 9.37. The summed E-state index contributed by atoms with van der Waals surface area (Å²) in [5, 5.41) is 2.76. The van der Waals surface area contributed by atoms with Crippen LogP contribution in [0.5, 0.6) is 0 Å². The minimum absolute atomic E-state index is 0.177. The number of nitrogens with one attached hydrogen (secondary N) is 1. The van der Waals surface area contributed by atoms with Gasteiger partial charge in [-0.15, -0.1) is 6.58 Å². The Hall–Kier alpha value is -1.75. The van der Waals surface area contributed by atoms with Crippen LogP contribution < -0.4 is 5.32 Å². The molecule has 0 bridgehead atoms. The molecule has 0 saturated heterocycles. The second-order valence-electron chi connectivity index (χ2n) is 3.36. The van der Waals surface area contributed by atoms with Crippen LogP contribution >= 0.6 is 0 Å². The predicted molar refractivity (Wildman–Crippen MR) is 59.3 cm³/mol. The first kappa shape index (κ1) is 13.3. The van der Waals surface area contributed by atoms with E-state index >= 15 is 0 Å². The standard InChI is InChI=1S/C12H13F2NO2/c1-3-4-15-11(12(16)17-2)8-5-9(13)7-10(14)6-8/h3,5-7,11,15H,1,4H2,2H3. The average Bonchev–Trinajstić information content (AvgIpc) is 2.28. The smallest absolute Gasteiger partial charge is 0.327 e. The summed E-state index contributed by atoms with van der Waals surface area (Å²) in [5.74, 6) is -2.10. The number of carbonyl (C=O) groups excluding carboxylic acids is 1. The van der Waals surface area contributed by atoms with Crippen LogP contribution in [0.25, 0.3) is 0 Å². The maximum absolute atomic E-state index is 13.0. The first-order valence-electron chi connectivity index (χ1n) is 4.96. The lowest BCUT2D eigenvalue weighted by atomic mass is 10.1. The molecule has 0 saturated carbocycles. The highest BCUT2D eigenvalue weighted by Gasteiger charge is 2.21. The fourth-order valence-corrected chi connectivity index (χ4v) is 1.40. The summed E-state index contributed by atoms with van der Waals surface area (Å²) >= 11 is 0. The van der Waals surface area contributed by atoms with Crippen LogP contribution in [0.4, 0.5) is 8.78 Å². The van der Waals surface area contributed by atoms with Gasteiger partial charge in [-0.3, -0.25) is 5.32 Å². The number of hydrogen-bond donors (Lipinski definition) is 1. The Morgan fingerprint density at radius 1 is 1.47 bits per heavy atom. The molecule has 1 aromatic carbocycles. The summed E-state index contributed by atoms with van der Waals surface area (Å²) in [4.78, 5) is 11.5. The molecular weight excluding hydrogens is 228 g/mol. The van der Waals surface area contributed by atoms with Crippen molar-refractivity contribution in [3.63, 3.8) is 0 Å². The van der Waals surface area contributed by atoms with E-state index in [4.69, 9.17) is 0 Å². The number of rotatable bonds is 5. The Labute approximate surface area is 98.1 Å². The number of ether oxygens (including phenoxy) is 1. The molecule has 0 aliphatic rings. The lowest BCUT2D eigenvalue weighted by Gasteiger charge is -2.15. The van der Waals surface area contributed by atoms with E-state index in [1.54, 1.807) is 0 Å². The van der Waals surface area contributed by atoms with Gasteiger partial charge in [0, 0.05) is 12.6 Å². The molecule has 5 heteroatoms. The van der Waals surface area contributed by atoms with Gasteiger partial charge in [0.25, 0.3) is 0 Å². The number of halogens is 2. The largest absolute Gasteiger partial charge is 0.468 e. The van der Waals surface area contributed by atoms with Crippen LogP contribution in [0.1, 0.15) is 11.6 Å². The van der Waals surface area contributed by atoms with Gasteiger partial charge in [0.05, 0.1) is 7.11 Å². The summed E-state index contributed by atoms with van der Waals surface area (Å²) in [7, 11) is 1.21. The first-order chi connectivity index (χ1) is 8.08. The van der Waals surface area contributed by atoms with Crippen LogP contribution in [0, 0.1) is 11.6 Å². The fourth-order valence-electron chi connectivity index (χ4n) is 1.40. The van der Waals surface area contributed by atoms with Gasteiger partial charge in [0.2, 0.25) is 0 Å². The summed E-state index contributed by atoms with van der Waals surface area (Å²) in [6, 6.07) is 2.00. The van der Waals surface area contributed by atoms with E-state index in [-0.39, 0.29) is 5.56 Å². The van der Waals surface area contributed by atoms with E-state index in [1.165, 1.54) is 13.2 Å². The number of carbonyl (C=O) groups is 1. The van der Waals surface area contributed by atoms with Gasteiger partial charge in [-0.1, -0.05) is 6.08 Å². The number of hydrogen-bond acceptors (Lipinski definition) is 3. The van der Waals surface area contributed by atoms with Gasteiger partial charge in [-0.25, -0.2) is 13.6 Å². The van der Waals surface area contributed by atoms with Crippen LogP contribution in [0.3, 0.4) is 0 Å². The van der Waals surface area contributed by atoms with Gasteiger partial charge in [-0.05, 0) is 17.7 Å². The Morgan fingerprint density at radius 3 is 2.53 bits per heavy atom. The zero-order chi connectivity index (χ0) is 12.8. The number of benzene rings is 1. The molecule has 1 N–H and O–H groups in total. The van der Waals surface area contributed by atoms with Crippen LogP contribution in [-0.2, 0) is 9.53 Å². The Bertz CT molecular complexity index is 401. The predicted octanol–water partition coefficient (Wildman–Crippen LogP) is 1.95. The SMILES string of the molecule is C=CCNC(C(=O)OC)c1cc(F)cc(F)c1. The third-order valence-corrected chi connectivity index (χ3v) is 2.12. The molecule has 0 aromatic heterocycles. The second kappa shape index (κ2) is 6.10. The Balaban J connectivity index is 3.02. The zero-order valence-corrected chi connectivity index (χ0v) is 9.37. The van der Waals surface area contributed by atoms with E-state index in [2.05, 4.69) is 16.6 Å². The van der Waals surface area contributed by atoms with Crippen molar-refractivity contribution in [1.82, 2.24) is 5.32 Å². The molecule has 0 fully saturated rings. The van der Waals surface area contributed by atoms with Crippen LogP contribution in [0.15, 0.2) is 30.9 Å². The quantitative estimate of drug-likeness (QED) is 0.632. The van der Waals surface area contributed by atoms with Crippen molar-refractivity contribution in [3.05, 3.63) is 48.1 Å². The normalized spacial score (nSPS) is 11.9. The Morgan fingerprint density at radius 2 is 2.06 bits per heavy atom. The molecule has 0 amide bonds. The van der Waals surface area contributed by atoms with E-state index in [0.717, 1.165) is 18.2 Å². The van der Waals surface area contributed by atoms with E-state index in [9.17, 15) is 13.6 Å². The van der Waals surface area contributed by atoms with Crippen molar-refractivity contribution >= 4 is 5.97 Å². The summed E-state index contributed by atoms with van der Waals surface area (Å²) in [5.41, 5.74) is 0.177. The van der Waals surface area contributed by atoms with Crippen molar-refractivity contribution in [2.75, 3.05) is 13.7 Å². The molecule has 1 unspecified atom stereocenters. The monoisotopic (exact) mass is 241 g/mol. The van der Waals surface area contributed by atoms with Crippen molar-refractivity contribution in [1.29, 1.82) is 0 Å². The lowest BCUT2D eigenvalue weighted by molar-refractivity contribution is -0.143. The summed E-state index contributed by atoms with van der Waals surface area (Å²) in [6.45, 7) is 3.80. The molecule has 3 nitrogen and oxygen atoms in total. The maximum atomic E-state index is 13.0. The average molecular weight is 241 g/mol. The molecule has 0 spiro atoms. The molecule has 92 valence electrons. The van der Waals surface area contributed by atoms with Gasteiger partial charge in [0.1, 0.15) is 17.7 Å². The minimum Gasteiger partial charge on any atom is -0.468 e. The van der Waals surface area contributed by atoms with Crippen molar-refractivity contribution in [2.24, 2.45) is 0 Å². The summed E-state index contributed by atoms with van der Waals surface area (Å²) in [6.07, 6.45) is 1.53.